The maximum Gasteiger partial charge on any atom is 0.408 e. The summed E-state index contributed by atoms with van der Waals surface area (Å²) in [5, 5.41) is 13.5. The zero-order valence-corrected chi connectivity index (χ0v) is 17.9. The number of nitrogens with one attached hydrogen (secondary N) is 1. The number of likely N-dealkylation sites (tertiary alicyclic amines) is 1. The van der Waals surface area contributed by atoms with E-state index in [1.807, 2.05) is 0 Å². The lowest BCUT2D eigenvalue weighted by Crippen LogP contribution is -2.57. The standard InChI is InChI=1S/C20H27ClF2N2O4/c1-11-9-25(16(26)8-24-18(27)29-19(3,4)5)10-12(2)20(11,28)17-14(22)6-13(21)7-15(17)23/h6-7,11-12,28H,8-10H2,1-5H3,(H,24,27)/t11-,12+,20?. The van der Waals surface area contributed by atoms with E-state index in [1.165, 1.54) is 4.90 Å². The number of halogens is 3. The van der Waals surface area contributed by atoms with Crippen molar-refractivity contribution in [1.82, 2.24) is 10.2 Å². The van der Waals surface area contributed by atoms with Gasteiger partial charge in [-0.3, -0.25) is 4.79 Å². The van der Waals surface area contributed by atoms with Crippen molar-refractivity contribution >= 4 is 23.6 Å². The number of piperidine rings is 1. The van der Waals surface area contributed by atoms with Crippen LogP contribution in [0.1, 0.15) is 40.2 Å². The number of hydrogen-bond acceptors (Lipinski definition) is 4. The third-order valence-electron chi connectivity index (χ3n) is 5.03. The van der Waals surface area contributed by atoms with Crippen LogP contribution >= 0.6 is 11.6 Å². The molecule has 162 valence electrons. The fourth-order valence-corrected chi connectivity index (χ4v) is 3.89. The van der Waals surface area contributed by atoms with Crippen LogP contribution in [0.3, 0.4) is 0 Å². The lowest BCUT2D eigenvalue weighted by atomic mass is 9.70. The summed E-state index contributed by atoms with van der Waals surface area (Å²) in [6, 6.07) is 1.92. The highest BCUT2D eigenvalue weighted by molar-refractivity contribution is 6.30. The zero-order valence-electron chi connectivity index (χ0n) is 17.2. The van der Waals surface area contributed by atoms with Crippen LogP contribution in [0.2, 0.25) is 5.02 Å². The Morgan fingerprint density at radius 3 is 2.17 bits per heavy atom. The van der Waals surface area contributed by atoms with Gasteiger partial charge in [-0.1, -0.05) is 25.4 Å². The van der Waals surface area contributed by atoms with Crippen molar-refractivity contribution < 1.29 is 28.2 Å². The van der Waals surface area contributed by atoms with Crippen LogP contribution < -0.4 is 5.32 Å². The third kappa shape index (κ3) is 5.17. The Morgan fingerprint density at radius 1 is 1.24 bits per heavy atom. The van der Waals surface area contributed by atoms with Crippen LogP contribution in [0, 0.1) is 23.5 Å². The first-order valence-corrected chi connectivity index (χ1v) is 9.75. The van der Waals surface area contributed by atoms with Crippen molar-refractivity contribution in [2.24, 2.45) is 11.8 Å². The van der Waals surface area contributed by atoms with Gasteiger partial charge in [-0.2, -0.15) is 0 Å². The molecule has 29 heavy (non-hydrogen) atoms. The smallest absolute Gasteiger partial charge is 0.408 e. The van der Waals surface area contributed by atoms with Crippen LogP contribution in [0.4, 0.5) is 13.6 Å². The van der Waals surface area contributed by atoms with Gasteiger partial charge in [0.1, 0.15) is 29.4 Å². The molecule has 0 spiro atoms. The second-order valence-corrected chi connectivity index (χ2v) is 8.96. The first-order valence-electron chi connectivity index (χ1n) is 9.37. The Hall–Kier alpha value is -1.93. The molecule has 0 bridgehead atoms. The van der Waals surface area contributed by atoms with Crippen LogP contribution in [0.15, 0.2) is 12.1 Å². The van der Waals surface area contributed by atoms with E-state index in [9.17, 15) is 23.5 Å². The Balaban J connectivity index is 2.12. The fourth-order valence-electron chi connectivity index (χ4n) is 3.69. The molecule has 1 fully saturated rings. The topological polar surface area (TPSA) is 78.9 Å². The summed E-state index contributed by atoms with van der Waals surface area (Å²) in [6.45, 7) is 8.20. The Labute approximate surface area is 174 Å². The molecule has 1 aliphatic rings. The van der Waals surface area contributed by atoms with Crippen LogP contribution in [0.25, 0.3) is 0 Å². The molecular formula is C20H27ClF2N2O4. The number of hydrogen-bond donors (Lipinski definition) is 2. The van der Waals surface area contributed by atoms with Crippen molar-refractivity contribution in [3.63, 3.8) is 0 Å². The Kier molecular flexibility index (Phi) is 6.79. The van der Waals surface area contributed by atoms with Crippen molar-refractivity contribution in [1.29, 1.82) is 0 Å². The molecule has 0 radical (unpaired) electrons. The summed E-state index contributed by atoms with van der Waals surface area (Å²) < 4.78 is 34.0. The number of amides is 2. The second-order valence-electron chi connectivity index (χ2n) is 8.53. The third-order valence-corrected chi connectivity index (χ3v) is 5.25. The van der Waals surface area contributed by atoms with Gasteiger partial charge in [0.15, 0.2) is 0 Å². The van der Waals surface area contributed by atoms with E-state index in [1.54, 1.807) is 34.6 Å². The molecule has 0 aromatic heterocycles. The minimum atomic E-state index is -1.81. The monoisotopic (exact) mass is 432 g/mol. The first-order chi connectivity index (χ1) is 13.3. The molecule has 1 heterocycles. The molecule has 1 aliphatic heterocycles. The molecular weight excluding hydrogens is 406 g/mol. The van der Waals surface area contributed by atoms with Crippen molar-refractivity contribution in [3.8, 4) is 0 Å². The highest BCUT2D eigenvalue weighted by atomic mass is 35.5. The number of nitrogens with zero attached hydrogens (tertiary/aromatic N) is 1. The predicted octanol–water partition coefficient (Wildman–Crippen LogP) is 3.44. The predicted molar refractivity (Wildman–Crippen MR) is 104 cm³/mol. The van der Waals surface area contributed by atoms with E-state index in [4.69, 9.17) is 16.3 Å². The van der Waals surface area contributed by atoms with Gasteiger partial charge in [-0.15, -0.1) is 0 Å². The van der Waals surface area contributed by atoms with E-state index in [-0.39, 0.29) is 30.6 Å². The van der Waals surface area contributed by atoms with E-state index in [2.05, 4.69) is 5.32 Å². The second kappa shape index (κ2) is 8.44. The van der Waals surface area contributed by atoms with Gasteiger partial charge in [-0.05, 0) is 32.9 Å². The van der Waals surface area contributed by atoms with Crippen LogP contribution in [-0.2, 0) is 15.1 Å². The van der Waals surface area contributed by atoms with Gasteiger partial charge < -0.3 is 20.1 Å². The van der Waals surface area contributed by atoms with E-state index < -0.39 is 46.3 Å². The van der Waals surface area contributed by atoms with Gasteiger partial charge in [0.25, 0.3) is 0 Å². The number of carbonyl (C=O) groups is 2. The number of rotatable bonds is 3. The van der Waals surface area contributed by atoms with Crippen LogP contribution in [0.5, 0.6) is 0 Å². The average Bonchev–Trinajstić information content (AvgIpc) is 2.54. The molecule has 1 aromatic carbocycles. The normalized spacial score (nSPS) is 24.9. The highest BCUT2D eigenvalue weighted by Gasteiger charge is 2.49. The number of benzene rings is 1. The lowest BCUT2D eigenvalue weighted by Gasteiger charge is -2.48. The minimum absolute atomic E-state index is 0.0666. The molecule has 1 saturated heterocycles. The molecule has 0 saturated carbocycles. The summed E-state index contributed by atoms with van der Waals surface area (Å²) in [6.07, 6.45) is -0.717. The molecule has 0 aliphatic carbocycles. The summed E-state index contributed by atoms with van der Waals surface area (Å²) in [5.41, 5.74) is -2.94. The van der Waals surface area contributed by atoms with Gasteiger partial charge in [0.2, 0.25) is 5.91 Å². The maximum atomic E-state index is 14.5. The van der Waals surface area contributed by atoms with Gasteiger partial charge in [-0.25, -0.2) is 13.6 Å². The highest BCUT2D eigenvalue weighted by Crippen LogP contribution is 2.43. The minimum Gasteiger partial charge on any atom is -0.444 e. The molecule has 3 atom stereocenters. The Bertz CT molecular complexity index is 762. The Morgan fingerprint density at radius 2 is 1.72 bits per heavy atom. The lowest BCUT2D eigenvalue weighted by molar-refractivity contribution is -0.149. The number of carbonyl (C=O) groups excluding carboxylic acids is 2. The molecule has 2 amide bonds. The molecule has 9 heteroatoms. The number of aliphatic hydroxyl groups is 1. The number of alkyl carbamates (subject to hydrolysis) is 1. The fraction of sp³-hybridized carbons (Fsp3) is 0.600. The van der Waals surface area contributed by atoms with Crippen molar-refractivity contribution in [2.75, 3.05) is 19.6 Å². The molecule has 2 rings (SSSR count). The van der Waals surface area contributed by atoms with Gasteiger partial charge in [0.05, 0.1) is 5.56 Å². The summed E-state index contributed by atoms with van der Waals surface area (Å²) in [7, 11) is 0. The van der Waals surface area contributed by atoms with E-state index in [0.717, 1.165) is 12.1 Å². The maximum absolute atomic E-state index is 14.5. The quantitative estimate of drug-likeness (QED) is 0.766. The van der Waals surface area contributed by atoms with Crippen molar-refractivity contribution in [2.45, 2.75) is 45.8 Å². The molecule has 2 N–H and O–H groups in total. The summed E-state index contributed by atoms with van der Waals surface area (Å²) in [5.74, 6) is -3.57. The SMILES string of the molecule is C[C@@H]1CN(C(=O)CNC(=O)OC(C)(C)C)C[C@H](C)C1(O)c1c(F)cc(Cl)cc1F. The van der Waals surface area contributed by atoms with E-state index >= 15 is 0 Å². The summed E-state index contributed by atoms with van der Waals surface area (Å²) >= 11 is 5.69. The summed E-state index contributed by atoms with van der Waals surface area (Å²) in [4.78, 5) is 25.7. The van der Waals surface area contributed by atoms with Gasteiger partial charge in [0, 0.05) is 29.9 Å². The number of ether oxygens (including phenoxy) is 1. The van der Waals surface area contributed by atoms with Crippen LogP contribution in [-0.4, -0.2) is 47.2 Å². The molecule has 1 aromatic rings. The molecule has 6 nitrogen and oxygen atoms in total. The van der Waals surface area contributed by atoms with Crippen molar-refractivity contribution in [3.05, 3.63) is 34.4 Å². The largest absolute Gasteiger partial charge is 0.444 e. The molecule has 1 unspecified atom stereocenters. The van der Waals surface area contributed by atoms with E-state index in [0.29, 0.717) is 0 Å². The zero-order chi connectivity index (χ0) is 22.1. The average molecular weight is 433 g/mol. The van der Waals surface area contributed by atoms with Gasteiger partial charge >= 0.3 is 6.09 Å². The first kappa shape index (κ1) is 23.3.